The standard InChI is InChI=1S/C21H23N3OS2/c1-13(25)22-21-19(16-10-9-15(24(2)3)11-18(16)27-21)20-23-17(12-26-20)14-7-5-4-6-8-14/h4-8,12,15H,9-11H2,1-3H3,(H,22,25). The number of thiazole rings is 1. The third kappa shape index (κ3) is 3.70. The highest BCUT2D eigenvalue weighted by Crippen LogP contribution is 2.46. The van der Waals surface area contributed by atoms with Crippen molar-refractivity contribution in [3.63, 3.8) is 0 Å². The number of rotatable bonds is 4. The number of carbonyl (C=O) groups excluding carboxylic acids is 1. The van der Waals surface area contributed by atoms with E-state index in [2.05, 4.69) is 41.8 Å². The minimum Gasteiger partial charge on any atom is -0.317 e. The van der Waals surface area contributed by atoms with Gasteiger partial charge in [-0.2, -0.15) is 0 Å². The SMILES string of the molecule is CC(=O)Nc1sc2c(c1-c1nc(-c3ccccc3)cs1)CCC(N(C)C)C2. The first-order chi connectivity index (χ1) is 13.0. The van der Waals surface area contributed by atoms with Crippen molar-refractivity contribution in [2.24, 2.45) is 0 Å². The van der Waals surface area contributed by atoms with Gasteiger partial charge in [-0.3, -0.25) is 4.79 Å². The number of nitrogens with zero attached hydrogens (tertiary/aromatic N) is 2. The summed E-state index contributed by atoms with van der Waals surface area (Å²) in [4.78, 5) is 20.4. The lowest BCUT2D eigenvalue weighted by Gasteiger charge is -2.28. The van der Waals surface area contributed by atoms with Crippen molar-refractivity contribution in [3.8, 4) is 21.8 Å². The molecule has 0 saturated heterocycles. The lowest BCUT2D eigenvalue weighted by atomic mass is 9.91. The zero-order chi connectivity index (χ0) is 19.0. The maximum absolute atomic E-state index is 11.8. The van der Waals surface area contributed by atoms with Crippen LogP contribution < -0.4 is 5.32 Å². The summed E-state index contributed by atoms with van der Waals surface area (Å²) < 4.78 is 0. The zero-order valence-electron chi connectivity index (χ0n) is 15.8. The molecule has 0 saturated carbocycles. The van der Waals surface area contributed by atoms with E-state index < -0.39 is 0 Å². The third-order valence-corrected chi connectivity index (χ3v) is 7.08. The third-order valence-electron chi connectivity index (χ3n) is 5.05. The van der Waals surface area contributed by atoms with Gasteiger partial charge in [0.2, 0.25) is 5.91 Å². The number of benzene rings is 1. The number of carbonyl (C=O) groups is 1. The van der Waals surface area contributed by atoms with E-state index >= 15 is 0 Å². The minimum atomic E-state index is -0.0288. The Morgan fingerprint density at radius 3 is 2.74 bits per heavy atom. The molecule has 27 heavy (non-hydrogen) atoms. The molecule has 4 rings (SSSR count). The normalized spacial score (nSPS) is 16.4. The summed E-state index contributed by atoms with van der Waals surface area (Å²) in [7, 11) is 4.29. The minimum absolute atomic E-state index is 0.0288. The Kier molecular flexibility index (Phi) is 5.12. The maximum atomic E-state index is 11.8. The molecule has 2 aromatic heterocycles. The van der Waals surface area contributed by atoms with Gasteiger partial charge in [0, 0.05) is 34.3 Å². The van der Waals surface area contributed by atoms with Gasteiger partial charge in [-0.05, 0) is 38.9 Å². The number of thiophene rings is 1. The molecule has 140 valence electrons. The van der Waals surface area contributed by atoms with Crippen molar-refractivity contribution in [3.05, 3.63) is 46.2 Å². The van der Waals surface area contributed by atoms with Crippen LogP contribution in [-0.2, 0) is 17.6 Å². The predicted molar refractivity (Wildman–Crippen MR) is 115 cm³/mol. The van der Waals surface area contributed by atoms with Crippen LogP contribution in [0.3, 0.4) is 0 Å². The van der Waals surface area contributed by atoms with Crippen molar-refractivity contribution in [1.82, 2.24) is 9.88 Å². The molecular weight excluding hydrogens is 374 g/mol. The summed E-state index contributed by atoms with van der Waals surface area (Å²) >= 11 is 3.38. The molecule has 0 fully saturated rings. The van der Waals surface area contributed by atoms with E-state index in [1.807, 2.05) is 18.2 Å². The highest BCUT2D eigenvalue weighted by molar-refractivity contribution is 7.18. The van der Waals surface area contributed by atoms with Crippen LogP contribution >= 0.6 is 22.7 Å². The Bertz CT molecular complexity index is 959. The molecule has 3 aromatic rings. The topological polar surface area (TPSA) is 45.2 Å². The number of hydrogen-bond acceptors (Lipinski definition) is 5. The summed E-state index contributed by atoms with van der Waals surface area (Å²) in [5.41, 5.74) is 4.62. The fraction of sp³-hybridized carbons (Fsp3) is 0.333. The second-order valence-electron chi connectivity index (χ2n) is 7.15. The molecule has 0 spiro atoms. The highest BCUT2D eigenvalue weighted by atomic mass is 32.1. The molecule has 1 unspecified atom stereocenters. The van der Waals surface area contributed by atoms with Gasteiger partial charge < -0.3 is 10.2 Å². The summed E-state index contributed by atoms with van der Waals surface area (Å²) in [5.74, 6) is -0.0288. The number of nitrogens with one attached hydrogen (secondary N) is 1. The van der Waals surface area contributed by atoms with Crippen molar-refractivity contribution in [1.29, 1.82) is 0 Å². The van der Waals surface area contributed by atoms with Crippen LogP contribution in [0.5, 0.6) is 0 Å². The quantitative estimate of drug-likeness (QED) is 0.680. The molecule has 2 heterocycles. The van der Waals surface area contributed by atoms with E-state index in [0.717, 1.165) is 46.1 Å². The fourth-order valence-corrected chi connectivity index (χ4v) is 5.95. The second-order valence-corrected chi connectivity index (χ2v) is 9.12. The molecule has 1 amide bonds. The Hall–Kier alpha value is -2.02. The van der Waals surface area contributed by atoms with Crippen molar-refractivity contribution >= 4 is 33.6 Å². The Balaban J connectivity index is 1.76. The Labute approximate surface area is 167 Å². The molecule has 4 nitrogen and oxygen atoms in total. The zero-order valence-corrected chi connectivity index (χ0v) is 17.4. The van der Waals surface area contributed by atoms with Gasteiger partial charge in [0.15, 0.2) is 0 Å². The molecule has 0 aliphatic heterocycles. The van der Waals surface area contributed by atoms with Crippen LogP contribution in [0.2, 0.25) is 0 Å². The van der Waals surface area contributed by atoms with Gasteiger partial charge in [-0.25, -0.2) is 4.98 Å². The first-order valence-corrected chi connectivity index (χ1v) is 10.8. The maximum Gasteiger partial charge on any atom is 0.221 e. The molecule has 0 radical (unpaired) electrons. The molecular formula is C21H23N3OS2. The fourth-order valence-electron chi connectivity index (χ4n) is 3.61. The van der Waals surface area contributed by atoms with Crippen LogP contribution in [0.15, 0.2) is 35.7 Å². The number of hydrogen-bond donors (Lipinski definition) is 1. The van der Waals surface area contributed by atoms with Gasteiger partial charge in [-0.1, -0.05) is 30.3 Å². The smallest absolute Gasteiger partial charge is 0.221 e. The van der Waals surface area contributed by atoms with Crippen LogP contribution in [-0.4, -0.2) is 35.9 Å². The Morgan fingerprint density at radius 2 is 2.04 bits per heavy atom. The summed E-state index contributed by atoms with van der Waals surface area (Å²) in [5, 5.41) is 7.11. The van der Waals surface area contributed by atoms with Gasteiger partial charge in [0.25, 0.3) is 0 Å². The van der Waals surface area contributed by atoms with Crippen LogP contribution in [0, 0.1) is 0 Å². The van der Waals surface area contributed by atoms with E-state index in [0.29, 0.717) is 6.04 Å². The lowest BCUT2D eigenvalue weighted by molar-refractivity contribution is -0.114. The largest absolute Gasteiger partial charge is 0.317 e. The number of anilines is 1. The van der Waals surface area contributed by atoms with Crippen LogP contribution in [0.25, 0.3) is 21.8 Å². The summed E-state index contributed by atoms with van der Waals surface area (Å²) in [6.45, 7) is 1.57. The first-order valence-electron chi connectivity index (χ1n) is 9.13. The first kappa shape index (κ1) is 18.3. The highest BCUT2D eigenvalue weighted by Gasteiger charge is 2.29. The average Bonchev–Trinajstić information content (AvgIpc) is 3.25. The molecule has 0 bridgehead atoms. The average molecular weight is 398 g/mol. The van der Waals surface area contributed by atoms with Gasteiger partial charge in [0.05, 0.1) is 5.69 Å². The van der Waals surface area contributed by atoms with Gasteiger partial charge in [0.1, 0.15) is 10.0 Å². The molecule has 6 heteroatoms. The molecule has 1 aromatic carbocycles. The van der Waals surface area contributed by atoms with Crippen molar-refractivity contribution in [2.75, 3.05) is 19.4 Å². The van der Waals surface area contributed by atoms with E-state index in [1.165, 1.54) is 10.4 Å². The number of fused-ring (bicyclic) bond motifs is 1. The van der Waals surface area contributed by atoms with E-state index in [9.17, 15) is 4.79 Å². The molecule has 1 atom stereocenters. The summed E-state index contributed by atoms with van der Waals surface area (Å²) in [6, 6.07) is 10.8. The molecule has 1 aliphatic rings. The monoisotopic (exact) mass is 397 g/mol. The number of likely N-dealkylation sites (N-methyl/N-ethyl adjacent to an activating group) is 1. The van der Waals surface area contributed by atoms with E-state index in [-0.39, 0.29) is 5.91 Å². The van der Waals surface area contributed by atoms with E-state index in [1.54, 1.807) is 29.6 Å². The van der Waals surface area contributed by atoms with Gasteiger partial charge >= 0.3 is 0 Å². The molecule has 1 N–H and O–H groups in total. The van der Waals surface area contributed by atoms with E-state index in [4.69, 9.17) is 4.98 Å². The predicted octanol–water partition coefficient (Wildman–Crippen LogP) is 4.92. The molecule has 1 aliphatic carbocycles. The Morgan fingerprint density at radius 1 is 1.26 bits per heavy atom. The van der Waals surface area contributed by atoms with Gasteiger partial charge in [-0.15, -0.1) is 22.7 Å². The van der Waals surface area contributed by atoms with Crippen molar-refractivity contribution in [2.45, 2.75) is 32.2 Å². The number of amides is 1. The summed E-state index contributed by atoms with van der Waals surface area (Å²) in [6.07, 6.45) is 3.21. The van der Waals surface area contributed by atoms with Crippen LogP contribution in [0.4, 0.5) is 5.00 Å². The second kappa shape index (κ2) is 7.54. The number of aromatic nitrogens is 1. The lowest BCUT2D eigenvalue weighted by Crippen LogP contribution is -2.32. The van der Waals surface area contributed by atoms with Crippen molar-refractivity contribution < 1.29 is 4.79 Å². The van der Waals surface area contributed by atoms with Crippen LogP contribution in [0.1, 0.15) is 23.8 Å².